The van der Waals surface area contributed by atoms with Crippen LogP contribution in [0.2, 0.25) is 0 Å². The van der Waals surface area contributed by atoms with Crippen LogP contribution in [0.5, 0.6) is 0 Å². The van der Waals surface area contributed by atoms with Crippen molar-refractivity contribution in [2.45, 2.75) is 60.1 Å². The summed E-state index contributed by atoms with van der Waals surface area (Å²) in [6.45, 7) is 11.8. The molecule has 1 rings (SSSR count). The summed E-state index contributed by atoms with van der Waals surface area (Å²) in [6.07, 6.45) is 5.28. The quantitative estimate of drug-likeness (QED) is 0.853. The van der Waals surface area contributed by atoms with Gasteiger partial charge in [0.1, 0.15) is 0 Å². The van der Waals surface area contributed by atoms with Crippen molar-refractivity contribution in [3.8, 4) is 0 Å². The summed E-state index contributed by atoms with van der Waals surface area (Å²) in [5.74, 6) is 0.523. The minimum absolute atomic E-state index is 0.326. The van der Waals surface area contributed by atoms with Crippen molar-refractivity contribution >= 4 is 0 Å². The van der Waals surface area contributed by atoms with Crippen LogP contribution in [0, 0.1) is 11.3 Å². The summed E-state index contributed by atoms with van der Waals surface area (Å²) in [7, 11) is 0. The zero-order valence-electron chi connectivity index (χ0n) is 11.8. The van der Waals surface area contributed by atoms with Crippen molar-refractivity contribution in [1.82, 2.24) is 9.78 Å². The maximum Gasteiger partial charge on any atom is 0.0823 e. The molecule has 0 aliphatic carbocycles. The molecule has 2 atom stereocenters. The molecule has 0 fully saturated rings. The van der Waals surface area contributed by atoms with Crippen molar-refractivity contribution < 1.29 is 5.11 Å². The molecule has 0 amide bonds. The van der Waals surface area contributed by atoms with E-state index in [1.54, 1.807) is 6.20 Å². The van der Waals surface area contributed by atoms with Crippen LogP contribution in [0.3, 0.4) is 0 Å². The monoisotopic (exact) mass is 238 g/mol. The second-order valence-corrected chi connectivity index (χ2v) is 6.25. The molecule has 0 spiro atoms. The van der Waals surface area contributed by atoms with Gasteiger partial charge in [-0.1, -0.05) is 27.7 Å². The Kier molecular flexibility index (Phi) is 4.75. The molecule has 1 aromatic rings. The molecule has 0 radical (unpaired) electrons. The fraction of sp³-hybridized carbons (Fsp3) is 0.786. The molecule has 0 aliphatic heterocycles. The molecular formula is C14H26N2O. The number of rotatable bonds is 5. The zero-order valence-corrected chi connectivity index (χ0v) is 11.8. The van der Waals surface area contributed by atoms with Crippen LogP contribution in [0.4, 0.5) is 0 Å². The highest BCUT2D eigenvalue weighted by Gasteiger charge is 2.19. The Morgan fingerprint density at radius 2 is 2.06 bits per heavy atom. The Balaban J connectivity index is 2.51. The predicted octanol–water partition coefficient (Wildman–Crippen LogP) is 3.40. The van der Waals surface area contributed by atoms with E-state index in [2.05, 4.69) is 32.8 Å². The molecule has 0 aromatic carbocycles. The lowest BCUT2D eigenvalue weighted by atomic mass is 9.83. The number of nitrogens with zero attached hydrogens (tertiary/aromatic N) is 2. The largest absolute Gasteiger partial charge is 0.388 e. The topological polar surface area (TPSA) is 38.0 Å². The van der Waals surface area contributed by atoms with E-state index < -0.39 is 0 Å². The van der Waals surface area contributed by atoms with Crippen LogP contribution >= 0.6 is 0 Å². The highest BCUT2D eigenvalue weighted by molar-refractivity contribution is 5.07. The number of aromatic nitrogens is 2. The summed E-state index contributed by atoms with van der Waals surface area (Å²) in [5.41, 5.74) is 1.26. The van der Waals surface area contributed by atoms with Crippen molar-refractivity contribution in [2.75, 3.05) is 0 Å². The van der Waals surface area contributed by atoms with Crippen LogP contribution in [0.15, 0.2) is 12.4 Å². The van der Waals surface area contributed by atoms with E-state index in [0.717, 1.165) is 24.9 Å². The second-order valence-electron chi connectivity index (χ2n) is 6.25. The summed E-state index contributed by atoms with van der Waals surface area (Å²) in [4.78, 5) is 0. The van der Waals surface area contributed by atoms with Crippen LogP contribution in [-0.2, 0) is 6.54 Å². The maximum absolute atomic E-state index is 10.1. The first-order chi connectivity index (χ1) is 7.81. The normalized spacial score (nSPS) is 15.9. The smallest absolute Gasteiger partial charge is 0.0823 e. The Morgan fingerprint density at radius 3 is 2.53 bits per heavy atom. The van der Waals surface area contributed by atoms with Crippen molar-refractivity contribution in [2.24, 2.45) is 11.3 Å². The van der Waals surface area contributed by atoms with Gasteiger partial charge >= 0.3 is 0 Å². The van der Waals surface area contributed by atoms with Gasteiger partial charge in [0.05, 0.1) is 12.3 Å². The third kappa shape index (κ3) is 4.90. The first-order valence-electron chi connectivity index (χ1n) is 6.52. The van der Waals surface area contributed by atoms with Gasteiger partial charge in [0.2, 0.25) is 0 Å². The lowest BCUT2D eigenvalue weighted by Crippen LogP contribution is -2.13. The first kappa shape index (κ1) is 14.2. The number of aliphatic hydroxyl groups is 1. The van der Waals surface area contributed by atoms with E-state index in [4.69, 9.17) is 0 Å². The molecule has 3 nitrogen and oxygen atoms in total. The predicted molar refractivity (Wildman–Crippen MR) is 70.7 cm³/mol. The molecule has 98 valence electrons. The maximum atomic E-state index is 10.1. The van der Waals surface area contributed by atoms with E-state index >= 15 is 0 Å². The third-order valence-corrected chi connectivity index (χ3v) is 2.95. The van der Waals surface area contributed by atoms with Gasteiger partial charge in [-0.2, -0.15) is 5.10 Å². The van der Waals surface area contributed by atoms with Crippen LogP contribution < -0.4 is 0 Å². The van der Waals surface area contributed by atoms with Crippen LogP contribution in [0.1, 0.15) is 59.1 Å². The molecule has 2 unspecified atom stereocenters. The van der Waals surface area contributed by atoms with Crippen molar-refractivity contribution in [3.63, 3.8) is 0 Å². The van der Waals surface area contributed by atoms with Crippen molar-refractivity contribution in [3.05, 3.63) is 18.0 Å². The summed E-state index contributed by atoms with van der Waals surface area (Å²) >= 11 is 0. The average Bonchev–Trinajstić information content (AvgIpc) is 2.62. The number of aryl methyl sites for hydroxylation is 1. The molecule has 1 N–H and O–H groups in total. The Morgan fingerprint density at radius 1 is 1.41 bits per heavy atom. The second kappa shape index (κ2) is 5.67. The fourth-order valence-electron chi connectivity index (χ4n) is 2.37. The zero-order chi connectivity index (χ0) is 13.1. The Bertz CT molecular complexity index is 338. The van der Waals surface area contributed by atoms with Gasteiger partial charge in [-0.25, -0.2) is 0 Å². The average molecular weight is 238 g/mol. The number of hydrogen-bond donors (Lipinski definition) is 1. The van der Waals surface area contributed by atoms with Gasteiger partial charge in [-0.05, 0) is 31.1 Å². The van der Waals surface area contributed by atoms with Crippen molar-refractivity contribution in [1.29, 1.82) is 0 Å². The van der Waals surface area contributed by atoms with Crippen LogP contribution in [-0.4, -0.2) is 14.9 Å². The van der Waals surface area contributed by atoms with Crippen LogP contribution in [0.25, 0.3) is 0 Å². The third-order valence-electron chi connectivity index (χ3n) is 2.95. The lowest BCUT2D eigenvalue weighted by Gasteiger charge is -2.24. The van der Waals surface area contributed by atoms with E-state index in [1.807, 2.05) is 17.8 Å². The lowest BCUT2D eigenvalue weighted by molar-refractivity contribution is 0.134. The summed E-state index contributed by atoms with van der Waals surface area (Å²) < 4.78 is 1.85. The molecule has 1 aromatic heterocycles. The van der Waals surface area contributed by atoms with Gasteiger partial charge in [0.15, 0.2) is 0 Å². The van der Waals surface area contributed by atoms with Gasteiger partial charge in [0, 0.05) is 18.3 Å². The van der Waals surface area contributed by atoms with Gasteiger partial charge < -0.3 is 5.11 Å². The van der Waals surface area contributed by atoms with Gasteiger partial charge in [-0.15, -0.1) is 0 Å². The number of aliphatic hydroxyl groups excluding tert-OH is 1. The molecular weight excluding hydrogens is 212 g/mol. The van der Waals surface area contributed by atoms with E-state index in [9.17, 15) is 5.11 Å². The first-order valence-corrected chi connectivity index (χ1v) is 6.52. The Labute approximate surface area is 105 Å². The van der Waals surface area contributed by atoms with E-state index in [1.165, 1.54) is 0 Å². The standard InChI is InChI=1S/C14H26N2O/c1-6-16-10-12(9-15-16)13(17)7-11(2)8-14(3,4)5/h9-11,13,17H,6-8H2,1-5H3. The van der Waals surface area contributed by atoms with Gasteiger partial charge in [-0.3, -0.25) is 4.68 Å². The summed E-state index contributed by atoms with van der Waals surface area (Å²) in [6, 6.07) is 0. The number of hydrogen-bond acceptors (Lipinski definition) is 2. The highest BCUT2D eigenvalue weighted by Crippen LogP contribution is 2.30. The SMILES string of the molecule is CCn1cc(C(O)CC(C)CC(C)(C)C)cn1. The minimum atomic E-state index is -0.382. The minimum Gasteiger partial charge on any atom is -0.388 e. The highest BCUT2D eigenvalue weighted by atomic mass is 16.3. The molecule has 17 heavy (non-hydrogen) atoms. The summed E-state index contributed by atoms with van der Waals surface area (Å²) in [5, 5.41) is 14.3. The Hall–Kier alpha value is -0.830. The molecule has 0 bridgehead atoms. The molecule has 0 saturated heterocycles. The fourth-order valence-corrected chi connectivity index (χ4v) is 2.37. The van der Waals surface area contributed by atoms with Gasteiger partial charge in [0.25, 0.3) is 0 Å². The molecule has 0 aliphatic rings. The molecule has 0 saturated carbocycles. The molecule has 3 heteroatoms. The molecule has 1 heterocycles. The van der Waals surface area contributed by atoms with E-state index in [0.29, 0.717) is 11.3 Å². The van der Waals surface area contributed by atoms with E-state index in [-0.39, 0.29) is 6.10 Å².